The van der Waals surface area contributed by atoms with Crippen LogP contribution in [0.3, 0.4) is 0 Å². The number of benzene rings is 2. The molecule has 0 aliphatic rings. The van der Waals surface area contributed by atoms with Crippen molar-refractivity contribution < 1.29 is 13.9 Å². The Labute approximate surface area is 134 Å². The van der Waals surface area contributed by atoms with Crippen molar-refractivity contribution in [1.29, 1.82) is 0 Å². The highest BCUT2D eigenvalue weighted by Crippen LogP contribution is 2.21. The zero-order chi connectivity index (χ0) is 16.4. The SMILES string of the molecule is COC(=O)c1ccc(/C=C/c2nc3cc(C)c(C)cc3o2)cc1. The van der Waals surface area contributed by atoms with Crippen LogP contribution in [0.4, 0.5) is 0 Å². The number of nitrogens with zero attached hydrogens (tertiary/aromatic N) is 1. The number of oxazole rings is 1. The lowest BCUT2D eigenvalue weighted by atomic mass is 10.1. The normalized spacial score (nSPS) is 11.3. The third kappa shape index (κ3) is 3.16. The minimum absolute atomic E-state index is 0.342. The highest BCUT2D eigenvalue weighted by Gasteiger charge is 2.06. The van der Waals surface area contributed by atoms with Gasteiger partial charge >= 0.3 is 5.97 Å². The number of hydrogen-bond donors (Lipinski definition) is 0. The van der Waals surface area contributed by atoms with Crippen molar-refractivity contribution in [2.24, 2.45) is 0 Å². The molecule has 3 aromatic rings. The topological polar surface area (TPSA) is 52.3 Å². The van der Waals surface area contributed by atoms with Crippen LogP contribution in [0, 0.1) is 13.8 Å². The van der Waals surface area contributed by atoms with Crippen LogP contribution in [-0.2, 0) is 4.74 Å². The Kier molecular flexibility index (Phi) is 3.98. The van der Waals surface area contributed by atoms with E-state index in [-0.39, 0.29) is 5.97 Å². The summed E-state index contributed by atoms with van der Waals surface area (Å²) in [5, 5.41) is 0. The van der Waals surface area contributed by atoms with E-state index in [0.717, 1.165) is 16.7 Å². The maximum atomic E-state index is 11.4. The molecule has 4 heteroatoms. The van der Waals surface area contributed by atoms with Gasteiger partial charge in [0.1, 0.15) is 5.52 Å². The average molecular weight is 307 g/mol. The fourth-order valence-corrected chi connectivity index (χ4v) is 2.28. The van der Waals surface area contributed by atoms with Gasteiger partial charge in [-0.1, -0.05) is 12.1 Å². The highest BCUT2D eigenvalue weighted by molar-refractivity contribution is 5.89. The van der Waals surface area contributed by atoms with E-state index in [1.54, 1.807) is 12.1 Å². The molecule has 4 nitrogen and oxygen atoms in total. The summed E-state index contributed by atoms with van der Waals surface area (Å²) in [4.78, 5) is 15.9. The first-order valence-corrected chi connectivity index (χ1v) is 7.31. The van der Waals surface area contributed by atoms with Crippen LogP contribution in [0.2, 0.25) is 0 Å². The highest BCUT2D eigenvalue weighted by atomic mass is 16.5. The third-order valence-corrected chi connectivity index (χ3v) is 3.77. The number of ether oxygens (including phenoxy) is 1. The number of fused-ring (bicyclic) bond motifs is 1. The Morgan fingerprint density at radius 2 is 1.78 bits per heavy atom. The number of aryl methyl sites for hydroxylation is 2. The van der Waals surface area contributed by atoms with E-state index in [1.165, 1.54) is 18.2 Å². The minimum atomic E-state index is -0.342. The molecule has 0 aliphatic carbocycles. The van der Waals surface area contributed by atoms with E-state index in [4.69, 9.17) is 4.42 Å². The predicted molar refractivity (Wildman–Crippen MR) is 90.2 cm³/mol. The maximum absolute atomic E-state index is 11.4. The van der Waals surface area contributed by atoms with Crippen LogP contribution in [0.25, 0.3) is 23.3 Å². The van der Waals surface area contributed by atoms with E-state index in [2.05, 4.69) is 23.6 Å². The van der Waals surface area contributed by atoms with Crippen molar-refractivity contribution in [3.63, 3.8) is 0 Å². The van der Waals surface area contributed by atoms with Crippen molar-refractivity contribution in [2.75, 3.05) is 7.11 Å². The number of rotatable bonds is 3. The molecule has 0 saturated heterocycles. The molecule has 0 unspecified atom stereocenters. The van der Waals surface area contributed by atoms with Gasteiger partial charge in [0.2, 0.25) is 5.89 Å². The van der Waals surface area contributed by atoms with Crippen molar-refractivity contribution in [3.8, 4) is 0 Å². The lowest BCUT2D eigenvalue weighted by Crippen LogP contribution is -2.00. The van der Waals surface area contributed by atoms with Gasteiger partial charge in [-0.05, 0) is 60.9 Å². The largest absolute Gasteiger partial charge is 0.465 e. The Morgan fingerprint density at radius 3 is 2.48 bits per heavy atom. The monoisotopic (exact) mass is 307 g/mol. The average Bonchev–Trinajstić information content (AvgIpc) is 2.95. The second kappa shape index (κ2) is 6.08. The fourth-order valence-electron chi connectivity index (χ4n) is 2.28. The number of aromatic nitrogens is 1. The third-order valence-electron chi connectivity index (χ3n) is 3.77. The van der Waals surface area contributed by atoms with Gasteiger partial charge in [-0.15, -0.1) is 0 Å². The zero-order valence-corrected chi connectivity index (χ0v) is 13.3. The lowest BCUT2D eigenvalue weighted by Gasteiger charge is -1.98. The maximum Gasteiger partial charge on any atom is 0.337 e. The molecule has 0 saturated carbocycles. The van der Waals surface area contributed by atoms with Crippen LogP contribution < -0.4 is 0 Å². The second-order valence-electron chi connectivity index (χ2n) is 5.40. The van der Waals surface area contributed by atoms with Crippen molar-refractivity contribution in [2.45, 2.75) is 13.8 Å². The summed E-state index contributed by atoms with van der Waals surface area (Å²) >= 11 is 0. The molecule has 0 spiro atoms. The van der Waals surface area contributed by atoms with Crippen molar-refractivity contribution in [1.82, 2.24) is 4.98 Å². The Balaban J connectivity index is 1.83. The van der Waals surface area contributed by atoms with Crippen molar-refractivity contribution >= 4 is 29.2 Å². The minimum Gasteiger partial charge on any atom is -0.465 e. The van der Waals surface area contributed by atoms with Gasteiger partial charge in [0.05, 0.1) is 12.7 Å². The molecule has 0 bridgehead atoms. The van der Waals surface area contributed by atoms with Gasteiger partial charge in [0.15, 0.2) is 5.58 Å². The summed E-state index contributed by atoms with van der Waals surface area (Å²) in [7, 11) is 1.37. The lowest BCUT2D eigenvalue weighted by molar-refractivity contribution is 0.0600. The molecule has 2 aromatic carbocycles. The molecule has 3 rings (SSSR count). The van der Waals surface area contributed by atoms with Gasteiger partial charge in [-0.3, -0.25) is 0 Å². The molecule has 0 fully saturated rings. The summed E-state index contributed by atoms with van der Waals surface area (Å²) in [6.45, 7) is 4.11. The van der Waals surface area contributed by atoms with Crippen LogP contribution in [-0.4, -0.2) is 18.1 Å². The van der Waals surface area contributed by atoms with E-state index in [9.17, 15) is 4.79 Å². The number of methoxy groups -OCH3 is 1. The number of carbonyl (C=O) groups excluding carboxylic acids is 1. The molecular formula is C19H17NO3. The van der Waals surface area contributed by atoms with Crippen LogP contribution in [0.5, 0.6) is 0 Å². The molecular weight excluding hydrogens is 290 g/mol. The molecule has 116 valence electrons. The number of esters is 1. The van der Waals surface area contributed by atoms with Gasteiger partial charge < -0.3 is 9.15 Å². The van der Waals surface area contributed by atoms with Crippen LogP contribution >= 0.6 is 0 Å². The molecule has 23 heavy (non-hydrogen) atoms. The number of hydrogen-bond acceptors (Lipinski definition) is 4. The summed E-state index contributed by atoms with van der Waals surface area (Å²) < 4.78 is 10.4. The van der Waals surface area contributed by atoms with E-state index in [0.29, 0.717) is 11.5 Å². The van der Waals surface area contributed by atoms with Gasteiger partial charge in [-0.2, -0.15) is 0 Å². The summed E-state index contributed by atoms with van der Waals surface area (Å²) in [5.74, 6) is 0.215. The van der Waals surface area contributed by atoms with Crippen molar-refractivity contribution in [3.05, 3.63) is 64.5 Å². The van der Waals surface area contributed by atoms with Gasteiger partial charge in [-0.25, -0.2) is 9.78 Å². The standard InChI is InChI=1S/C19H17NO3/c1-12-10-16-17(11-13(12)2)23-18(20-16)9-6-14-4-7-15(8-5-14)19(21)22-3/h4-11H,1-3H3/b9-6+. The fraction of sp³-hybridized carbons (Fsp3) is 0.158. The number of carbonyl (C=O) groups is 1. The van der Waals surface area contributed by atoms with Gasteiger partial charge in [0, 0.05) is 6.08 Å². The molecule has 0 radical (unpaired) electrons. The first kappa shape index (κ1) is 15.0. The summed E-state index contributed by atoms with van der Waals surface area (Å²) in [6.07, 6.45) is 3.71. The smallest absolute Gasteiger partial charge is 0.337 e. The van der Waals surface area contributed by atoms with Crippen LogP contribution in [0.15, 0.2) is 40.8 Å². The summed E-state index contributed by atoms with van der Waals surface area (Å²) in [6, 6.07) is 11.2. The van der Waals surface area contributed by atoms with E-state index < -0.39 is 0 Å². The Bertz CT molecular complexity index is 850. The first-order chi connectivity index (χ1) is 11.1. The van der Waals surface area contributed by atoms with E-state index in [1.807, 2.05) is 36.4 Å². The molecule has 1 heterocycles. The molecule has 1 aromatic heterocycles. The first-order valence-electron chi connectivity index (χ1n) is 7.31. The van der Waals surface area contributed by atoms with Gasteiger partial charge in [0.25, 0.3) is 0 Å². The van der Waals surface area contributed by atoms with E-state index >= 15 is 0 Å². The predicted octanol–water partition coefficient (Wildman–Crippen LogP) is 4.40. The summed E-state index contributed by atoms with van der Waals surface area (Å²) in [5.41, 5.74) is 5.50. The molecule has 0 aliphatic heterocycles. The quantitative estimate of drug-likeness (QED) is 0.673. The second-order valence-corrected chi connectivity index (χ2v) is 5.40. The Hall–Kier alpha value is -2.88. The molecule has 0 atom stereocenters. The Morgan fingerprint density at radius 1 is 1.09 bits per heavy atom. The molecule has 0 N–H and O–H groups in total. The molecule has 0 amide bonds. The van der Waals surface area contributed by atoms with Crippen LogP contribution in [0.1, 0.15) is 32.9 Å². The zero-order valence-electron chi connectivity index (χ0n) is 13.3.